The second kappa shape index (κ2) is 10.8. The van der Waals surface area contributed by atoms with Crippen molar-refractivity contribution in [2.75, 3.05) is 39.4 Å². The molecular formula is C17H28IN3O5S. The molecule has 0 amide bonds. The maximum atomic E-state index is 11.6. The molecule has 10 heteroatoms. The average Bonchev–Trinajstić information content (AvgIpc) is 2.97. The lowest BCUT2D eigenvalue weighted by Crippen LogP contribution is -2.44. The summed E-state index contributed by atoms with van der Waals surface area (Å²) in [6.07, 6.45) is 0.594. The molecule has 1 aromatic carbocycles. The Bertz CT molecular complexity index is 730. The van der Waals surface area contributed by atoms with Crippen molar-refractivity contribution in [3.8, 4) is 17.2 Å². The molecule has 0 spiro atoms. The highest BCUT2D eigenvalue weighted by Gasteiger charge is 2.28. The van der Waals surface area contributed by atoms with E-state index in [-0.39, 0.29) is 41.5 Å². The molecule has 1 saturated heterocycles. The summed E-state index contributed by atoms with van der Waals surface area (Å²) in [5.74, 6) is 2.61. The van der Waals surface area contributed by atoms with Crippen LogP contribution >= 0.6 is 24.0 Å². The van der Waals surface area contributed by atoms with Gasteiger partial charge in [-0.05, 0) is 31.0 Å². The van der Waals surface area contributed by atoms with E-state index in [1.54, 1.807) is 21.3 Å². The monoisotopic (exact) mass is 513 g/mol. The van der Waals surface area contributed by atoms with E-state index < -0.39 is 9.84 Å². The molecule has 154 valence electrons. The van der Waals surface area contributed by atoms with Gasteiger partial charge in [-0.25, -0.2) is 13.4 Å². The molecular weight excluding hydrogens is 485 g/mol. The summed E-state index contributed by atoms with van der Waals surface area (Å²) in [7, 11) is 1.75. The van der Waals surface area contributed by atoms with Crippen molar-refractivity contribution in [3.05, 3.63) is 17.7 Å². The minimum absolute atomic E-state index is 0. The maximum absolute atomic E-state index is 11.6. The SMILES string of the molecule is CCNC(=NCc1cc(OC)c(OC)c(OC)c1)NC1CCS(=O)(=O)C1.I. The van der Waals surface area contributed by atoms with Gasteiger partial charge in [0, 0.05) is 12.6 Å². The van der Waals surface area contributed by atoms with Crippen LogP contribution in [0.2, 0.25) is 0 Å². The Balaban J connectivity index is 0.00000364. The number of halogens is 1. The highest BCUT2D eigenvalue weighted by Crippen LogP contribution is 2.38. The van der Waals surface area contributed by atoms with E-state index in [9.17, 15) is 8.42 Å². The van der Waals surface area contributed by atoms with E-state index in [4.69, 9.17) is 14.2 Å². The smallest absolute Gasteiger partial charge is 0.203 e. The number of nitrogens with zero attached hydrogens (tertiary/aromatic N) is 1. The lowest BCUT2D eigenvalue weighted by molar-refractivity contribution is 0.324. The fourth-order valence-electron chi connectivity index (χ4n) is 2.82. The van der Waals surface area contributed by atoms with Gasteiger partial charge in [-0.15, -0.1) is 24.0 Å². The van der Waals surface area contributed by atoms with Gasteiger partial charge in [-0.3, -0.25) is 0 Å². The van der Waals surface area contributed by atoms with Crippen LogP contribution in [0.1, 0.15) is 18.9 Å². The van der Waals surface area contributed by atoms with Crippen molar-refractivity contribution in [2.24, 2.45) is 4.99 Å². The minimum atomic E-state index is -2.94. The zero-order chi connectivity index (χ0) is 19.2. The summed E-state index contributed by atoms with van der Waals surface area (Å²) < 4.78 is 39.3. The van der Waals surface area contributed by atoms with Crippen LogP contribution in [-0.2, 0) is 16.4 Å². The molecule has 1 aliphatic rings. The zero-order valence-electron chi connectivity index (χ0n) is 16.1. The fraction of sp³-hybridized carbons (Fsp3) is 0.588. The van der Waals surface area contributed by atoms with Crippen molar-refractivity contribution in [2.45, 2.75) is 25.9 Å². The molecule has 1 aromatic rings. The molecule has 8 nitrogen and oxygen atoms in total. The molecule has 1 fully saturated rings. The number of rotatable bonds is 7. The quantitative estimate of drug-likeness (QED) is 0.325. The molecule has 27 heavy (non-hydrogen) atoms. The first-order chi connectivity index (χ1) is 12.4. The number of aliphatic imine (C=N–C) groups is 1. The van der Waals surface area contributed by atoms with Gasteiger partial charge < -0.3 is 24.8 Å². The highest BCUT2D eigenvalue weighted by atomic mass is 127. The molecule has 0 bridgehead atoms. The number of nitrogens with one attached hydrogen (secondary N) is 2. The van der Waals surface area contributed by atoms with Crippen LogP contribution in [0.4, 0.5) is 0 Å². The number of benzene rings is 1. The van der Waals surface area contributed by atoms with E-state index >= 15 is 0 Å². The number of hydrogen-bond acceptors (Lipinski definition) is 6. The van der Waals surface area contributed by atoms with E-state index in [0.717, 1.165) is 5.56 Å². The van der Waals surface area contributed by atoms with Crippen molar-refractivity contribution >= 4 is 39.8 Å². The Morgan fingerprint density at radius 3 is 2.26 bits per heavy atom. The van der Waals surface area contributed by atoms with Crippen LogP contribution in [0.5, 0.6) is 17.2 Å². The van der Waals surface area contributed by atoms with Gasteiger partial charge in [-0.2, -0.15) is 0 Å². The third kappa shape index (κ3) is 6.59. The van der Waals surface area contributed by atoms with Crippen LogP contribution in [0.15, 0.2) is 17.1 Å². The molecule has 1 aliphatic heterocycles. The largest absolute Gasteiger partial charge is 0.493 e. The number of sulfone groups is 1. The maximum Gasteiger partial charge on any atom is 0.203 e. The van der Waals surface area contributed by atoms with Crippen molar-refractivity contribution in [3.63, 3.8) is 0 Å². The Kier molecular flexibility index (Phi) is 9.43. The van der Waals surface area contributed by atoms with E-state index in [2.05, 4.69) is 15.6 Å². The molecule has 0 radical (unpaired) electrons. The Labute approximate surface area is 178 Å². The molecule has 1 atom stereocenters. The predicted molar refractivity (Wildman–Crippen MR) is 117 cm³/mol. The Morgan fingerprint density at radius 1 is 1.19 bits per heavy atom. The minimum Gasteiger partial charge on any atom is -0.493 e. The van der Waals surface area contributed by atoms with Crippen LogP contribution < -0.4 is 24.8 Å². The molecule has 0 aromatic heterocycles. The summed E-state index contributed by atoms with van der Waals surface area (Å²) >= 11 is 0. The van der Waals surface area contributed by atoms with Gasteiger partial charge in [0.05, 0.1) is 39.4 Å². The van der Waals surface area contributed by atoms with Gasteiger partial charge in [0.25, 0.3) is 0 Å². The second-order valence-corrected chi connectivity index (χ2v) is 8.20. The van der Waals surface area contributed by atoms with Crippen molar-refractivity contribution in [1.29, 1.82) is 0 Å². The molecule has 0 aliphatic carbocycles. The number of hydrogen-bond donors (Lipinski definition) is 2. The lowest BCUT2D eigenvalue weighted by Gasteiger charge is -2.16. The average molecular weight is 513 g/mol. The summed E-state index contributed by atoms with van der Waals surface area (Å²) in [4.78, 5) is 4.55. The lowest BCUT2D eigenvalue weighted by atomic mass is 10.2. The van der Waals surface area contributed by atoms with E-state index in [1.807, 2.05) is 19.1 Å². The van der Waals surface area contributed by atoms with Crippen LogP contribution in [0.3, 0.4) is 0 Å². The fourth-order valence-corrected chi connectivity index (χ4v) is 4.49. The van der Waals surface area contributed by atoms with Crippen LogP contribution in [-0.4, -0.2) is 59.8 Å². The highest BCUT2D eigenvalue weighted by molar-refractivity contribution is 14.0. The standard InChI is InChI=1S/C17H27N3O5S.HI/c1-5-18-17(20-13-6-7-26(21,22)11-13)19-10-12-8-14(23-2)16(25-4)15(9-12)24-3;/h8-9,13H,5-7,10-11H2,1-4H3,(H2,18,19,20);1H. The van der Waals surface area contributed by atoms with Crippen molar-refractivity contribution < 1.29 is 22.6 Å². The van der Waals surface area contributed by atoms with E-state index in [0.29, 0.717) is 42.7 Å². The first-order valence-corrected chi connectivity index (χ1v) is 10.3. The molecule has 1 unspecified atom stereocenters. The summed E-state index contributed by atoms with van der Waals surface area (Å²) in [6, 6.07) is 3.57. The first-order valence-electron chi connectivity index (χ1n) is 8.46. The van der Waals surface area contributed by atoms with Gasteiger partial charge in [0.2, 0.25) is 5.75 Å². The summed E-state index contributed by atoms with van der Waals surface area (Å²) in [5.41, 5.74) is 0.885. The normalized spacial score (nSPS) is 18.4. The molecule has 1 heterocycles. The molecule has 2 rings (SSSR count). The van der Waals surface area contributed by atoms with Gasteiger partial charge in [-0.1, -0.05) is 0 Å². The topological polar surface area (TPSA) is 98.2 Å². The number of methoxy groups -OCH3 is 3. The van der Waals surface area contributed by atoms with E-state index in [1.165, 1.54) is 0 Å². The van der Waals surface area contributed by atoms with Crippen LogP contribution in [0, 0.1) is 0 Å². The predicted octanol–water partition coefficient (Wildman–Crippen LogP) is 1.57. The first kappa shape index (κ1) is 23.6. The summed E-state index contributed by atoms with van der Waals surface area (Å²) in [6.45, 7) is 3.02. The molecule has 2 N–H and O–H groups in total. The number of guanidine groups is 1. The second-order valence-electron chi connectivity index (χ2n) is 5.97. The van der Waals surface area contributed by atoms with Gasteiger partial charge >= 0.3 is 0 Å². The Hall–Kier alpha value is -1.43. The van der Waals surface area contributed by atoms with Gasteiger partial charge in [0.1, 0.15) is 0 Å². The van der Waals surface area contributed by atoms with Crippen LogP contribution in [0.25, 0.3) is 0 Å². The zero-order valence-corrected chi connectivity index (χ0v) is 19.2. The summed E-state index contributed by atoms with van der Waals surface area (Å²) in [5, 5.41) is 6.34. The third-order valence-corrected chi connectivity index (χ3v) is 5.83. The van der Waals surface area contributed by atoms with Gasteiger partial charge in [0.15, 0.2) is 27.3 Å². The number of ether oxygens (including phenoxy) is 3. The van der Waals surface area contributed by atoms with Crippen molar-refractivity contribution in [1.82, 2.24) is 10.6 Å². The third-order valence-electron chi connectivity index (χ3n) is 4.06. The molecule has 0 saturated carbocycles. The Morgan fingerprint density at radius 2 is 1.81 bits per heavy atom.